The van der Waals surface area contributed by atoms with Gasteiger partial charge in [-0.1, -0.05) is 0 Å². The van der Waals surface area contributed by atoms with Crippen LogP contribution in [0.2, 0.25) is 0 Å². The highest BCUT2D eigenvalue weighted by atomic mass is 19.1. The molecule has 7 heteroatoms. The topological polar surface area (TPSA) is 84.2 Å². The molecule has 98 valence electrons. The van der Waals surface area contributed by atoms with Gasteiger partial charge in [-0.25, -0.2) is 9.18 Å². The van der Waals surface area contributed by atoms with E-state index in [9.17, 15) is 14.0 Å². The van der Waals surface area contributed by atoms with Crippen molar-refractivity contribution in [1.82, 2.24) is 9.78 Å². The number of carboxylic acid groups (broad SMARTS) is 1. The van der Waals surface area contributed by atoms with E-state index in [0.29, 0.717) is 0 Å². The first kappa shape index (κ1) is 12.7. The average molecular weight is 263 g/mol. The summed E-state index contributed by atoms with van der Waals surface area (Å²) in [4.78, 5) is 22.4. The van der Waals surface area contributed by atoms with Crippen molar-refractivity contribution in [2.24, 2.45) is 7.05 Å². The molecule has 0 fully saturated rings. The van der Waals surface area contributed by atoms with Crippen molar-refractivity contribution >= 4 is 17.6 Å². The highest BCUT2D eigenvalue weighted by molar-refractivity contribution is 6.03. The van der Waals surface area contributed by atoms with Crippen LogP contribution in [0.1, 0.15) is 20.8 Å². The summed E-state index contributed by atoms with van der Waals surface area (Å²) in [6.45, 7) is 0. The lowest BCUT2D eigenvalue weighted by Crippen LogP contribution is -2.14. The molecule has 19 heavy (non-hydrogen) atoms. The lowest BCUT2D eigenvalue weighted by molar-refractivity contribution is 0.0696. The van der Waals surface area contributed by atoms with E-state index in [1.807, 2.05) is 0 Å². The summed E-state index contributed by atoms with van der Waals surface area (Å²) in [6, 6.07) is 4.73. The number of aromatic carboxylic acids is 1. The van der Waals surface area contributed by atoms with Gasteiger partial charge in [0, 0.05) is 13.2 Å². The van der Waals surface area contributed by atoms with Crippen LogP contribution >= 0.6 is 0 Å². The van der Waals surface area contributed by atoms with Crippen LogP contribution in [0.4, 0.5) is 10.1 Å². The van der Waals surface area contributed by atoms with Gasteiger partial charge < -0.3 is 10.4 Å². The normalized spacial score (nSPS) is 10.2. The molecule has 2 aromatic rings. The first-order valence-electron chi connectivity index (χ1n) is 5.31. The van der Waals surface area contributed by atoms with Crippen LogP contribution in [0.25, 0.3) is 0 Å². The van der Waals surface area contributed by atoms with Crippen LogP contribution in [0.15, 0.2) is 30.5 Å². The lowest BCUT2D eigenvalue weighted by Gasteiger charge is -2.05. The van der Waals surface area contributed by atoms with E-state index in [4.69, 9.17) is 5.11 Å². The number of amides is 1. The second kappa shape index (κ2) is 4.89. The Hall–Kier alpha value is -2.70. The molecule has 0 aliphatic carbocycles. The molecule has 0 radical (unpaired) electrons. The van der Waals surface area contributed by atoms with Crippen molar-refractivity contribution in [3.8, 4) is 0 Å². The Labute approximate surface area is 107 Å². The zero-order chi connectivity index (χ0) is 14.0. The van der Waals surface area contributed by atoms with Crippen LogP contribution in [0.3, 0.4) is 0 Å². The Balaban J connectivity index is 2.20. The van der Waals surface area contributed by atoms with Crippen LogP contribution in [0.5, 0.6) is 0 Å². The molecule has 1 aromatic heterocycles. The highest BCUT2D eigenvalue weighted by Gasteiger charge is 2.13. The molecule has 0 unspecified atom stereocenters. The van der Waals surface area contributed by atoms with Gasteiger partial charge in [0.15, 0.2) is 5.69 Å². The molecule has 6 nitrogen and oxygen atoms in total. The minimum atomic E-state index is -1.23. The molecule has 0 atom stereocenters. The van der Waals surface area contributed by atoms with Crippen LogP contribution < -0.4 is 5.32 Å². The number of hydrogen-bond acceptors (Lipinski definition) is 3. The number of carbonyl (C=O) groups is 2. The summed E-state index contributed by atoms with van der Waals surface area (Å²) < 4.78 is 15.0. The summed E-state index contributed by atoms with van der Waals surface area (Å²) in [6.07, 6.45) is 1.58. The fourth-order valence-electron chi connectivity index (χ4n) is 1.47. The lowest BCUT2D eigenvalue weighted by atomic mass is 10.2. The minimum Gasteiger partial charge on any atom is -0.478 e. The van der Waals surface area contributed by atoms with Crippen molar-refractivity contribution < 1.29 is 19.1 Å². The van der Waals surface area contributed by atoms with Crippen molar-refractivity contribution in [3.63, 3.8) is 0 Å². The third-order valence-corrected chi connectivity index (χ3v) is 2.41. The van der Waals surface area contributed by atoms with Crippen molar-refractivity contribution in [1.29, 1.82) is 0 Å². The Morgan fingerprint density at radius 3 is 2.63 bits per heavy atom. The maximum absolute atomic E-state index is 13.6. The number of rotatable bonds is 3. The van der Waals surface area contributed by atoms with Gasteiger partial charge in [-0.05, 0) is 24.3 Å². The number of carboxylic acids is 1. The predicted octanol–water partition coefficient (Wildman–Crippen LogP) is 1.51. The first-order valence-corrected chi connectivity index (χ1v) is 5.31. The van der Waals surface area contributed by atoms with Gasteiger partial charge in [-0.15, -0.1) is 0 Å². The van der Waals surface area contributed by atoms with Crippen molar-refractivity contribution in [2.45, 2.75) is 0 Å². The van der Waals surface area contributed by atoms with Crippen LogP contribution in [-0.2, 0) is 7.05 Å². The van der Waals surface area contributed by atoms with Gasteiger partial charge in [-0.2, -0.15) is 5.10 Å². The summed E-state index contributed by atoms with van der Waals surface area (Å²) in [5, 5.41) is 14.9. The van der Waals surface area contributed by atoms with E-state index in [-0.39, 0.29) is 16.9 Å². The maximum atomic E-state index is 13.6. The maximum Gasteiger partial charge on any atom is 0.335 e. The molecule has 0 saturated heterocycles. The number of halogens is 1. The molecular weight excluding hydrogens is 253 g/mol. The fraction of sp³-hybridized carbons (Fsp3) is 0.0833. The van der Waals surface area contributed by atoms with Gasteiger partial charge in [0.05, 0.1) is 11.3 Å². The van der Waals surface area contributed by atoms with Crippen molar-refractivity contribution in [2.75, 3.05) is 5.32 Å². The fourth-order valence-corrected chi connectivity index (χ4v) is 1.47. The van der Waals surface area contributed by atoms with E-state index >= 15 is 0 Å². The van der Waals surface area contributed by atoms with E-state index in [0.717, 1.165) is 6.07 Å². The number of aryl methyl sites for hydroxylation is 1. The molecule has 0 bridgehead atoms. The van der Waals surface area contributed by atoms with E-state index in [1.54, 1.807) is 13.2 Å². The average Bonchev–Trinajstić information content (AvgIpc) is 2.78. The Bertz CT molecular complexity index is 651. The van der Waals surface area contributed by atoms with Crippen LogP contribution in [0, 0.1) is 5.82 Å². The summed E-state index contributed by atoms with van der Waals surface area (Å²) in [7, 11) is 1.65. The zero-order valence-corrected chi connectivity index (χ0v) is 9.92. The molecular formula is C12H10FN3O3. The molecule has 2 rings (SSSR count). The second-order valence-corrected chi connectivity index (χ2v) is 3.83. The second-order valence-electron chi connectivity index (χ2n) is 3.83. The Morgan fingerprint density at radius 2 is 2.11 bits per heavy atom. The number of nitrogens with zero attached hydrogens (tertiary/aromatic N) is 2. The van der Waals surface area contributed by atoms with Gasteiger partial charge in [0.2, 0.25) is 0 Å². The summed E-state index contributed by atoms with van der Waals surface area (Å²) in [5.41, 5.74) is -0.141. The van der Waals surface area contributed by atoms with Gasteiger partial charge in [0.1, 0.15) is 5.82 Å². The van der Waals surface area contributed by atoms with E-state index in [2.05, 4.69) is 10.4 Å². The number of aromatic nitrogens is 2. The van der Waals surface area contributed by atoms with Crippen molar-refractivity contribution in [3.05, 3.63) is 47.5 Å². The summed E-state index contributed by atoms with van der Waals surface area (Å²) >= 11 is 0. The van der Waals surface area contributed by atoms with E-state index < -0.39 is 17.7 Å². The summed E-state index contributed by atoms with van der Waals surface area (Å²) in [5.74, 6) is -2.62. The first-order chi connectivity index (χ1) is 8.97. The monoisotopic (exact) mass is 263 g/mol. The molecule has 2 N–H and O–H groups in total. The van der Waals surface area contributed by atoms with Crippen LogP contribution in [-0.4, -0.2) is 26.8 Å². The van der Waals surface area contributed by atoms with Gasteiger partial charge in [0.25, 0.3) is 5.91 Å². The third-order valence-electron chi connectivity index (χ3n) is 2.41. The zero-order valence-electron chi connectivity index (χ0n) is 9.92. The largest absolute Gasteiger partial charge is 0.478 e. The number of nitrogens with one attached hydrogen (secondary N) is 1. The minimum absolute atomic E-state index is 0.0966. The molecule has 0 aliphatic rings. The molecule has 1 heterocycles. The molecule has 0 saturated carbocycles. The standard InChI is InChI=1S/C12H10FN3O3/c1-16-5-4-10(15-16)11(17)14-9-3-2-7(12(18)19)6-8(9)13/h2-6H,1H3,(H,14,17)(H,18,19). The number of hydrogen-bond donors (Lipinski definition) is 2. The third kappa shape index (κ3) is 2.76. The quantitative estimate of drug-likeness (QED) is 0.879. The number of benzene rings is 1. The highest BCUT2D eigenvalue weighted by Crippen LogP contribution is 2.16. The SMILES string of the molecule is Cn1ccc(C(=O)Nc2ccc(C(=O)O)cc2F)n1. The molecule has 0 aliphatic heterocycles. The number of anilines is 1. The van der Waals surface area contributed by atoms with E-state index in [1.165, 1.54) is 22.9 Å². The van der Waals surface area contributed by atoms with Gasteiger partial charge in [-0.3, -0.25) is 9.48 Å². The molecule has 1 amide bonds. The molecule has 1 aromatic carbocycles. The van der Waals surface area contributed by atoms with Gasteiger partial charge >= 0.3 is 5.97 Å². The predicted molar refractivity (Wildman–Crippen MR) is 64.5 cm³/mol. The smallest absolute Gasteiger partial charge is 0.335 e. The molecule has 0 spiro atoms. The number of carbonyl (C=O) groups excluding carboxylic acids is 1. The Morgan fingerprint density at radius 1 is 1.37 bits per heavy atom. The Kier molecular flexibility index (Phi) is 3.28.